The van der Waals surface area contributed by atoms with Gasteiger partial charge in [0.2, 0.25) is 0 Å². The molecular formula is C36H52Cl2N4. The Morgan fingerprint density at radius 1 is 0.476 bits per heavy atom. The third-order valence-electron chi connectivity index (χ3n) is 11.2. The van der Waals surface area contributed by atoms with Crippen LogP contribution in [-0.2, 0) is 13.1 Å². The van der Waals surface area contributed by atoms with E-state index in [1.165, 1.54) is 120 Å². The van der Waals surface area contributed by atoms with Crippen LogP contribution in [0.1, 0.15) is 62.5 Å². The smallest absolute Gasteiger partial charge is 0.0426 e. The van der Waals surface area contributed by atoms with Gasteiger partial charge in [-0.05, 0) is 194 Å². The molecule has 0 unspecified atom stereocenters. The maximum absolute atomic E-state index is 6.46. The maximum Gasteiger partial charge on any atom is 0.0426 e. The lowest BCUT2D eigenvalue weighted by molar-refractivity contribution is 0.101. The van der Waals surface area contributed by atoms with E-state index in [1.807, 2.05) is 6.07 Å². The van der Waals surface area contributed by atoms with Gasteiger partial charge in [-0.15, -0.1) is 0 Å². The monoisotopic (exact) mass is 610 g/mol. The van der Waals surface area contributed by atoms with E-state index in [0.717, 1.165) is 42.3 Å². The van der Waals surface area contributed by atoms with Gasteiger partial charge in [0.15, 0.2) is 0 Å². The molecule has 6 rings (SSSR count). The lowest BCUT2D eigenvalue weighted by Gasteiger charge is -2.40. The number of likely N-dealkylation sites (tertiary alicyclic amines) is 4. The molecule has 0 N–H and O–H groups in total. The van der Waals surface area contributed by atoms with Crippen LogP contribution in [0, 0.1) is 23.7 Å². The molecule has 0 aromatic heterocycles. The molecule has 4 saturated heterocycles. The predicted molar refractivity (Wildman–Crippen MR) is 178 cm³/mol. The molecule has 6 heteroatoms. The summed E-state index contributed by atoms with van der Waals surface area (Å²) in [6.07, 6.45) is 11.0. The highest BCUT2D eigenvalue weighted by Gasteiger charge is 2.30. The highest BCUT2D eigenvalue weighted by molar-refractivity contribution is 6.35. The van der Waals surface area contributed by atoms with Crippen LogP contribution in [0.25, 0.3) is 11.1 Å². The molecule has 2 aromatic rings. The van der Waals surface area contributed by atoms with E-state index >= 15 is 0 Å². The molecule has 4 fully saturated rings. The van der Waals surface area contributed by atoms with Crippen molar-refractivity contribution in [2.75, 3.05) is 66.5 Å². The molecule has 0 saturated carbocycles. The molecule has 4 nitrogen and oxygen atoms in total. The average Bonchev–Trinajstić information content (AvgIpc) is 2.98. The van der Waals surface area contributed by atoms with E-state index in [-0.39, 0.29) is 0 Å². The first kappa shape index (κ1) is 30.9. The third-order valence-corrected chi connectivity index (χ3v) is 11.6. The molecule has 0 radical (unpaired) electrons. The Kier molecular flexibility index (Phi) is 10.5. The van der Waals surface area contributed by atoms with Crippen LogP contribution in [0.4, 0.5) is 0 Å². The number of nitrogens with zero attached hydrogens (tertiary/aromatic N) is 4. The standard InChI is InChI=1S/C36H52Cl2N4/c1-39-11-3-29(4-12-39)31-7-15-41(16-8-31)25-27-19-28(21-33(20-27)34-22-35(37)24-36(38)23-34)26-42-17-9-32(10-18-42)30-5-13-40(2)14-6-30/h19-24,29-32H,3-18,25-26H2,1-2H3. The predicted octanol–water partition coefficient (Wildman–Crippen LogP) is 7.77. The van der Waals surface area contributed by atoms with Gasteiger partial charge in [0.25, 0.3) is 0 Å². The Labute approximate surface area is 265 Å². The summed E-state index contributed by atoms with van der Waals surface area (Å²) in [5.41, 5.74) is 5.22. The van der Waals surface area contributed by atoms with Gasteiger partial charge in [0.05, 0.1) is 0 Å². The minimum atomic E-state index is 0.705. The van der Waals surface area contributed by atoms with Gasteiger partial charge >= 0.3 is 0 Å². The van der Waals surface area contributed by atoms with E-state index in [4.69, 9.17) is 23.2 Å². The second kappa shape index (κ2) is 14.3. The number of rotatable bonds is 7. The molecular weight excluding hydrogens is 559 g/mol. The Bertz CT molecular complexity index is 1070. The van der Waals surface area contributed by atoms with Crippen molar-refractivity contribution in [1.82, 2.24) is 19.6 Å². The van der Waals surface area contributed by atoms with Gasteiger partial charge in [-0.2, -0.15) is 0 Å². The molecule has 0 spiro atoms. The molecule has 4 heterocycles. The average molecular weight is 612 g/mol. The fourth-order valence-corrected chi connectivity index (χ4v) is 9.04. The zero-order valence-electron chi connectivity index (χ0n) is 26.0. The summed E-state index contributed by atoms with van der Waals surface area (Å²) in [6, 6.07) is 13.2. The van der Waals surface area contributed by atoms with Crippen molar-refractivity contribution in [3.05, 3.63) is 57.6 Å². The SMILES string of the molecule is CN1CCC(C2CCN(Cc3cc(CN4CCC(C5CCN(C)CC5)CC4)cc(-c4cc(Cl)cc(Cl)c4)c3)CC2)CC1. The van der Waals surface area contributed by atoms with Crippen molar-refractivity contribution < 1.29 is 0 Å². The van der Waals surface area contributed by atoms with Crippen LogP contribution in [-0.4, -0.2) is 86.1 Å². The number of benzene rings is 2. The third kappa shape index (κ3) is 8.11. The molecule has 0 atom stereocenters. The number of hydrogen-bond donors (Lipinski definition) is 0. The van der Waals surface area contributed by atoms with Crippen molar-refractivity contribution in [2.45, 2.75) is 64.5 Å². The van der Waals surface area contributed by atoms with Crippen LogP contribution >= 0.6 is 23.2 Å². The largest absolute Gasteiger partial charge is 0.306 e. The highest BCUT2D eigenvalue weighted by atomic mass is 35.5. The Morgan fingerprint density at radius 3 is 1.19 bits per heavy atom. The first-order chi connectivity index (χ1) is 20.4. The molecule has 230 valence electrons. The van der Waals surface area contributed by atoms with Crippen LogP contribution in [0.5, 0.6) is 0 Å². The topological polar surface area (TPSA) is 13.0 Å². The summed E-state index contributed by atoms with van der Waals surface area (Å²) in [5.74, 6) is 3.72. The minimum absolute atomic E-state index is 0.705. The molecule has 42 heavy (non-hydrogen) atoms. The van der Waals surface area contributed by atoms with Crippen LogP contribution in [0.3, 0.4) is 0 Å². The van der Waals surface area contributed by atoms with E-state index in [0.29, 0.717) is 10.0 Å². The Morgan fingerprint density at radius 2 is 0.810 bits per heavy atom. The zero-order chi connectivity index (χ0) is 29.1. The van der Waals surface area contributed by atoms with E-state index in [1.54, 1.807) is 0 Å². The summed E-state index contributed by atoms with van der Waals surface area (Å²) in [6.45, 7) is 12.1. The van der Waals surface area contributed by atoms with Gasteiger partial charge < -0.3 is 9.80 Å². The van der Waals surface area contributed by atoms with E-state index in [2.05, 4.69) is 64.0 Å². The second-order valence-electron chi connectivity index (χ2n) is 14.2. The Hall–Kier alpha value is -1.14. The fourth-order valence-electron chi connectivity index (χ4n) is 8.51. The summed E-state index contributed by atoms with van der Waals surface area (Å²) >= 11 is 12.9. The summed E-state index contributed by atoms with van der Waals surface area (Å²) in [5, 5.41) is 1.41. The van der Waals surface area contributed by atoms with Crippen molar-refractivity contribution in [1.29, 1.82) is 0 Å². The van der Waals surface area contributed by atoms with E-state index < -0.39 is 0 Å². The lowest BCUT2D eigenvalue weighted by atomic mass is 9.79. The zero-order valence-corrected chi connectivity index (χ0v) is 27.6. The van der Waals surface area contributed by atoms with Crippen molar-refractivity contribution in [3.8, 4) is 11.1 Å². The van der Waals surface area contributed by atoms with Gasteiger partial charge in [-0.3, -0.25) is 9.80 Å². The second-order valence-corrected chi connectivity index (χ2v) is 15.1. The molecule has 4 aliphatic rings. The van der Waals surface area contributed by atoms with E-state index in [9.17, 15) is 0 Å². The molecule has 2 aromatic carbocycles. The number of hydrogen-bond acceptors (Lipinski definition) is 4. The highest BCUT2D eigenvalue weighted by Crippen LogP contribution is 2.35. The van der Waals surface area contributed by atoms with Crippen molar-refractivity contribution >= 4 is 23.2 Å². The van der Waals surface area contributed by atoms with Crippen molar-refractivity contribution in [3.63, 3.8) is 0 Å². The quantitative estimate of drug-likeness (QED) is 0.317. The molecule has 0 bridgehead atoms. The Balaban J connectivity index is 1.11. The number of piperidine rings is 4. The van der Waals surface area contributed by atoms with Gasteiger partial charge in [0.1, 0.15) is 0 Å². The van der Waals surface area contributed by atoms with Crippen LogP contribution in [0.15, 0.2) is 36.4 Å². The van der Waals surface area contributed by atoms with Gasteiger partial charge in [0, 0.05) is 23.1 Å². The fraction of sp³-hybridized carbons (Fsp3) is 0.667. The summed E-state index contributed by atoms with van der Waals surface area (Å²) < 4.78 is 0. The summed E-state index contributed by atoms with van der Waals surface area (Å²) in [7, 11) is 4.55. The van der Waals surface area contributed by atoms with Crippen LogP contribution < -0.4 is 0 Å². The van der Waals surface area contributed by atoms with Crippen molar-refractivity contribution in [2.24, 2.45) is 23.7 Å². The number of halogens is 2. The first-order valence-electron chi connectivity index (χ1n) is 16.8. The molecule has 0 aliphatic carbocycles. The van der Waals surface area contributed by atoms with Gasteiger partial charge in [-0.1, -0.05) is 29.3 Å². The first-order valence-corrected chi connectivity index (χ1v) is 17.5. The molecule has 0 amide bonds. The van der Waals surface area contributed by atoms with Gasteiger partial charge in [-0.25, -0.2) is 0 Å². The van der Waals surface area contributed by atoms with Crippen LogP contribution in [0.2, 0.25) is 10.0 Å². The molecule has 4 aliphatic heterocycles. The lowest BCUT2D eigenvalue weighted by Crippen LogP contribution is -2.39. The minimum Gasteiger partial charge on any atom is -0.306 e. The summed E-state index contributed by atoms with van der Waals surface area (Å²) in [4.78, 5) is 10.4. The maximum atomic E-state index is 6.46. The normalized spacial score (nSPS) is 24.0.